The Labute approximate surface area is 86.0 Å². The quantitative estimate of drug-likeness (QED) is 0.445. The Morgan fingerprint density at radius 3 is 2.46 bits per heavy atom. The predicted molar refractivity (Wildman–Crippen MR) is 52.7 cm³/mol. The van der Waals surface area contributed by atoms with E-state index in [1.165, 1.54) is 13.1 Å². The molecule has 0 aliphatic heterocycles. The van der Waals surface area contributed by atoms with Crippen LogP contribution >= 0.6 is 23.2 Å². The van der Waals surface area contributed by atoms with Crippen molar-refractivity contribution in [3.8, 4) is 0 Å². The molecule has 0 fully saturated rings. The van der Waals surface area contributed by atoms with Crippen molar-refractivity contribution in [2.24, 2.45) is 5.84 Å². The second-order valence-electron chi connectivity index (χ2n) is 2.54. The first-order chi connectivity index (χ1) is 6.02. The third kappa shape index (κ3) is 2.34. The molecule has 0 spiro atoms. The zero-order valence-electron chi connectivity index (χ0n) is 6.92. The molecule has 3 nitrogen and oxygen atoms in total. The minimum atomic E-state index is -0.307. The van der Waals surface area contributed by atoms with E-state index < -0.39 is 0 Å². The van der Waals surface area contributed by atoms with Crippen molar-refractivity contribution >= 4 is 29.1 Å². The molecule has 70 valence electrons. The zero-order chi connectivity index (χ0) is 10.0. The molecule has 13 heavy (non-hydrogen) atoms. The maximum absolute atomic E-state index is 11.3. The van der Waals surface area contributed by atoms with Crippen LogP contribution in [0.15, 0.2) is 18.2 Å². The Morgan fingerprint density at radius 2 is 2.00 bits per heavy atom. The third-order valence-corrected chi connectivity index (χ3v) is 2.23. The number of halogens is 2. The second-order valence-corrected chi connectivity index (χ2v) is 3.36. The Morgan fingerprint density at radius 1 is 1.38 bits per heavy atom. The SMILES string of the molecule is CN(N)C(=O)c1ccc(Cl)c(Cl)c1. The van der Waals surface area contributed by atoms with Crippen molar-refractivity contribution < 1.29 is 4.79 Å². The fourth-order valence-electron chi connectivity index (χ4n) is 0.833. The van der Waals surface area contributed by atoms with Gasteiger partial charge in [0, 0.05) is 12.6 Å². The summed E-state index contributed by atoms with van der Waals surface area (Å²) < 4.78 is 0. The van der Waals surface area contributed by atoms with E-state index in [1.807, 2.05) is 0 Å². The number of nitrogens with two attached hydrogens (primary N) is 1. The Balaban J connectivity index is 3.04. The first-order valence-corrected chi connectivity index (χ1v) is 4.26. The summed E-state index contributed by atoms with van der Waals surface area (Å²) in [5.74, 6) is 4.96. The number of hydrogen-bond acceptors (Lipinski definition) is 2. The molecular weight excluding hydrogens is 211 g/mol. The van der Waals surface area contributed by atoms with Gasteiger partial charge in [-0.3, -0.25) is 9.80 Å². The van der Waals surface area contributed by atoms with Gasteiger partial charge in [0.25, 0.3) is 5.91 Å². The normalized spacial score (nSPS) is 9.85. The van der Waals surface area contributed by atoms with E-state index in [0.717, 1.165) is 5.01 Å². The van der Waals surface area contributed by atoms with E-state index >= 15 is 0 Å². The lowest BCUT2D eigenvalue weighted by molar-refractivity contribution is 0.0795. The van der Waals surface area contributed by atoms with Crippen LogP contribution in [0.2, 0.25) is 10.0 Å². The molecule has 1 amide bonds. The van der Waals surface area contributed by atoms with Gasteiger partial charge in [0.1, 0.15) is 0 Å². The number of hydrogen-bond donors (Lipinski definition) is 1. The van der Waals surface area contributed by atoms with Gasteiger partial charge >= 0.3 is 0 Å². The lowest BCUT2D eigenvalue weighted by atomic mass is 10.2. The summed E-state index contributed by atoms with van der Waals surface area (Å²) in [5.41, 5.74) is 0.416. The van der Waals surface area contributed by atoms with Gasteiger partial charge in [-0.1, -0.05) is 23.2 Å². The summed E-state index contributed by atoms with van der Waals surface area (Å²) in [6.45, 7) is 0. The summed E-state index contributed by atoms with van der Waals surface area (Å²) in [4.78, 5) is 11.3. The number of rotatable bonds is 1. The lowest BCUT2D eigenvalue weighted by Crippen LogP contribution is -2.33. The number of benzene rings is 1. The molecule has 0 aliphatic rings. The van der Waals surface area contributed by atoms with Crippen molar-refractivity contribution in [1.29, 1.82) is 0 Å². The number of carbonyl (C=O) groups is 1. The predicted octanol–water partition coefficient (Wildman–Crippen LogP) is 1.94. The van der Waals surface area contributed by atoms with Crippen molar-refractivity contribution in [2.45, 2.75) is 0 Å². The minimum Gasteiger partial charge on any atom is -0.280 e. The molecule has 1 rings (SSSR count). The van der Waals surface area contributed by atoms with Crippen LogP contribution in [0.1, 0.15) is 10.4 Å². The Bertz CT molecular complexity index is 339. The van der Waals surface area contributed by atoms with Gasteiger partial charge in [0.15, 0.2) is 0 Å². The highest BCUT2D eigenvalue weighted by molar-refractivity contribution is 6.42. The molecule has 0 unspecified atom stereocenters. The summed E-state index contributed by atoms with van der Waals surface area (Å²) in [7, 11) is 1.46. The van der Waals surface area contributed by atoms with Crippen LogP contribution in [0.5, 0.6) is 0 Å². The third-order valence-electron chi connectivity index (χ3n) is 1.49. The topological polar surface area (TPSA) is 46.3 Å². The molecule has 1 aromatic rings. The van der Waals surface area contributed by atoms with Crippen molar-refractivity contribution in [3.05, 3.63) is 33.8 Å². The molecule has 0 saturated heterocycles. The summed E-state index contributed by atoms with van der Waals surface area (Å²) in [5, 5.41) is 1.74. The van der Waals surface area contributed by atoms with Crippen molar-refractivity contribution in [1.82, 2.24) is 5.01 Å². The van der Waals surface area contributed by atoms with Crippen LogP contribution < -0.4 is 5.84 Å². The average Bonchev–Trinajstić information content (AvgIpc) is 2.08. The largest absolute Gasteiger partial charge is 0.280 e. The summed E-state index contributed by atoms with van der Waals surface area (Å²) in [6.07, 6.45) is 0. The highest BCUT2D eigenvalue weighted by atomic mass is 35.5. The van der Waals surface area contributed by atoms with Crippen LogP contribution in [0.25, 0.3) is 0 Å². The van der Waals surface area contributed by atoms with E-state index in [9.17, 15) is 4.79 Å². The molecule has 0 aliphatic carbocycles. The van der Waals surface area contributed by atoms with E-state index in [-0.39, 0.29) is 5.91 Å². The molecule has 0 aromatic heterocycles. The molecule has 0 radical (unpaired) electrons. The van der Waals surface area contributed by atoms with Crippen LogP contribution in [0.3, 0.4) is 0 Å². The van der Waals surface area contributed by atoms with E-state index in [0.29, 0.717) is 15.6 Å². The maximum Gasteiger partial charge on any atom is 0.267 e. The van der Waals surface area contributed by atoms with Crippen LogP contribution in [-0.2, 0) is 0 Å². The van der Waals surface area contributed by atoms with E-state index in [2.05, 4.69) is 0 Å². The molecule has 0 atom stereocenters. The highest BCUT2D eigenvalue weighted by Crippen LogP contribution is 2.22. The smallest absolute Gasteiger partial charge is 0.267 e. The second kappa shape index (κ2) is 3.96. The van der Waals surface area contributed by atoms with Gasteiger partial charge in [0.2, 0.25) is 0 Å². The minimum absolute atomic E-state index is 0.307. The fraction of sp³-hybridized carbons (Fsp3) is 0.125. The average molecular weight is 219 g/mol. The maximum atomic E-state index is 11.3. The zero-order valence-corrected chi connectivity index (χ0v) is 8.43. The van der Waals surface area contributed by atoms with Crippen LogP contribution in [0, 0.1) is 0 Å². The molecule has 2 N–H and O–H groups in total. The molecular formula is C8H8Cl2N2O. The molecule has 1 aromatic carbocycles. The molecule has 0 bridgehead atoms. The summed E-state index contributed by atoms with van der Waals surface area (Å²) in [6, 6.07) is 4.61. The monoisotopic (exact) mass is 218 g/mol. The van der Waals surface area contributed by atoms with E-state index in [1.54, 1.807) is 12.1 Å². The number of nitrogens with zero attached hydrogens (tertiary/aromatic N) is 1. The van der Waals surface area contributed by atoms with Gasteiger partial charge in [-0.2, -0.15) is 0 Å². The Hall–Kier alpha value is -0.770. The van der Waals surface area contributed by atoms with Crippen molar-refractivity contribution in [2.75, 3.05) is 7.05 Å². The first kappa shape index (κ1) is 10.3. The first-order valence-electron chi connectivity index (χ1n) is 3.50. The Kier molecular flexibility index (Phi) is 3.14. The van der Waals surface area contributed by atoms with Crippen LogP contribution in [-0.4, -0.2) is 18.0 Å². The van der Waals surface area contributed by atoms with Gasteiger partial charge in [0.05, 0.1) is 10.0 Å². The number of hydrazine groups is 1. The van der Waals surface area contributed by atoms with Gasteiger partial charge in [-0.25, -0.2) is 5.84 Å². The van der Waals surface area contributed by atoms with Gasteiger partial charge in [-0.05, 0) is 18.2 Å². The molecule has 0 heterocycles. The van der Waals surface area contributed by atoms with Gasteiger partial charge in [-0.15, -0.1) is 0 Å². The summed E-state index contributed by atoms with van der Waals surface area (Å²) >= 11 is 11.4. The molecule has 5 heteroatoms. The highest BCUT2D eigenvalue weighted by Gasteiger charge is 2.09. The van der Waals surface area contributed by atoms with E-state index in [4.69, 9.17) is 29.0 Å². The number of carbonyl (C=O) groups excluding carboxylic acids is 1. The standard InChI is InChI=1S/C8H8Cl2N2O/c1-12(11)8(13)5-2-3-6(9)7(10)4-5/h2-4H,11H2,1H3. The van der Waals surface area contributed by atoms with Crippen LogP contribution in [0.4, 0.5) is 0 Å². The fourth-order valence-corrected chi connectivity index (χ4v) is 1.13. The lowest BCUT2D eigenvalue weighted by Gasteiger charge is -2.09. The number of amides is 1. The molecule has 0 saturated carbocycles. The van der Waals surface area contributed by atoms with Crippen molar-refractivity contribution in [3.63, 3.8) is 0 Å². The van der Waals surface area contributed by atoms with Gasteiger partial charge < -0.3 is 0 Å².